The van der Waals surface area contributed by atoms with Crippen LogP contribution in [0.4, 0.5) is 0 Å². The molecule has 0 N–H and O–H groups in total. The van der Waals surface area contributed by atoms with Gasteiger partial charge in [0.2, 0.25) is 8.03 Å². The summed E-state index contributed by atoms with van der Waals surface area (Å²) >= 11 is 5.81. The maximum absolute atomic E-state index is 11.6. The van der Waals surface area contributed by atoms with Crippen LogP contribution >= 0.6 is 19.6 Å². The normalized spacial score (nSPS) is 13.7. The van der Waals surface area contributed by atoms with Gasteiger partial charge in [-0.2, -0.15) is 0 Å². The summed E-state index contributed by atoms with van der Waals surface area (Å²) in [5.74, 6) is 1.70. The third-order valence-corrected chi connectivity index (χ3v) is 3.79. The molecule has 0 saturated carbocycles. The number of rotatable bonds is 6. The van der Waals surface area contributed by atoms with Crippen molar-refractivity contribution in [3.63, 3.8) is 0 Å². The van der Waals surface area contributed by atoms with Gasteiger partial charge in [0, 0.05) is 10.8 Å². The lowest BCUT2D eigenvalue weighted by molar-refractivity contribution is 0.326. The van der Waals surface area contributed by atoms with E-state index >= 15 is 0 Å². The Bertz CT molecular complexity index is 398. The minimum absolute atomic E-state index is 0.568. The lowest BCUT2D eigenvalue weighted by atomic mass is 10.1. The third kappa shape index (κ3) is 5.54. The van der Waals surface area contributed by atoms with Crippen LogP contribution in [0.25, 0.3) is 5.57 Å². The molecular formula is C13H18ClO2P. The van der Waals surface area contributed by atoms with Gasteiger partial charge in [-0.3, -0.25) is 4.57 Å². The molecule has 0 bridgehead atoms. The molecule has 0 spiro atoms. The van der Waals surface area contributed by atoms with E-state index in [2.05, 4.69) is 6.92 Å². The van der Waals surface area contributed by atoms with E-state index in [0.717, 1.165) is 24.0 Å². The molecule has 17 heavy (non-hydrogen) atoms. The molecule has 2 nitrogen and oxygen atoms in total. The topological polar surface area (TPSA) is 26.3 Å². The zero-order chi connectivity index (χ0) is 12.7. The van der Waals surface area contributed by atoms with Crippen LogP contribution in [0.5, 0.6) is 0 Å². The van der Waals surface area contributed by atoms with E-state index in [0.29, 0.717) is 11.6 Å². The molecule has 0 fully saturated rings. The van der Waals surface area contributed by atoms with Crippen molar-refractivity contribution in [2.24, 2.45) is 0 Å². The fourth-order valence-electron chi connectivity index (χ4n) is 1.33. The highest BCUT2D eigenvalue weighted by molar-refractivity contribution is 7.43. The number of hydrogen-bond donors (Lipinski definition) is 0. The van der Waals surface area contributed by atoms with Crippen LogP contribution in [0.3, 0.4) is 0 Å². The summed E-state index contributed by atoms with van der Waals surface area (Å²) in [6, 6.07) is 7.47. The van der Waals surface area contributed by atoms with Crippen molar-refractivity contribution >= 4 is 25.2 Å². The molecule has 1 aromatic carbocycles. The standard InChI is InChI=1S/C13H18ClO2P/c1-3-4-9-16-17(15)10-11(2)12-5-7-13(14)8-6-12/h5-8,10,17H,3-4,9H2,1-2H3. The van der Waals surface area contributed by atoms with E-state index in [1.54, 1.807) is 5.82 Å². The summed E-state index contributed by atoms with van der Waals surface area (Å²) in [4.78, 5) is 0. The van der Waals surface area contributed by atoms with Gasteiger partial charge in [0.05, 0.1) is 6.61 Å². The molecule has 0 aliphatic rings. The highest BCUT2D eigenvalue weighted by atomic mass is 35.5. The summed E-state index contributed by atoms with van der Waals surface area (Å²) in [6.45, 7) is 4.57. The predicted octanol–water partition coefficient (Wildman–Crippen LogP) is 4.99. The first-order chi connectivity index (χ1) is 8.13. The first-order valence-corrected chi connectivity index (χ1v) is 7.51. The van der Waals surface area contributed by atoms with Crippen molar-refractivity contribution in [2.45, 2.75) is 26.7 Å². The molecule has 1 rings (SSSR count). The van der Waals surface area contributed by atoms with Gasteiger partial charge in [-0.1, -0.05) is 37.1 Å². The predicted molar refractivity (Wildman–Crippen MR) is 75.0 cm³/mol. The zero-order valence-electron chi connectivity index (χ0n) is 10.2. The van der Waals surface area contributed by atoms with E-state index in [1.165, 1.54) is 0 Å². The molecule has 0 aliphatic carbocycles. The number of halogens is 1. The SMILES string of the molecule is CCCCO[PH](=O)C=C(C)c1ccc(Cl)cc1. The largest absolute Gasteiger partial charge is 0.328 e. The van der Waals surface area contributed by atoms with Crippen molar-refractivity contribution in [1.29, 1.82) is 0 Å². The monoisotopic (exact) mass is 272 g/mol. The quantitative estimate of drug-likeness (QED) is 0.538. The van der Waals surface area contributed by atoms with E-state index < -0.39 is 8.03 Å². The summed E-state index contributed by atoms with van der Waals surface area (Å²) in [5, 5.41) is 0.702. The van der Waals surface area contributed by atoms with Crippen LogP contribution in [0.15, 0.2) is 30.1 Å². The molecule has 0 saturated heterocycles. The molecular weight excluding hydrogens is 255 g/mol. The smallest absolute Gasteiger partial charge is 0.213 e. The summed E-state index contributed by atoms with van der Waals surface area (Å²) < 4.78 is 16.9. The van der Waals surface area contributed by atoms with Crippen molar-refractivity contribution in [1.82, 2.24) is 0 Å². The minimum atomic E-state index is -2.06. The fourth-order valence-corrected chi connectivity index (χ4v) is 2.41. The van der Waals surface area contributed by atoms with Gasteiger partial charge in [-0.05, 0) is 36.6 Å². The highest BCUT2D eigenvalue weighted by Gasteiger charge is 1.99. The Morgan fingerprint density at radius 2 is 2.06 bits per heavy atom. The van der Waals surface area contributed by atoms with Crippen LogP contribution in [-0.2, 0) is 9.09 Å². The van der Waals surface area contributed by atoms with Crippen LogP contribution in [0, 0.1) is 0 Å². The van der Waals surface area contributed by atoms with Crippen molar-refractivity contribution in [3.05, 3.63) is 40.7 Å². The number of allylic oxidation sites excluding steroid dienone is 1. The van der Waals surface area contributed by atoms with E-state index in [9.17, 15) is 4.57 Å². The van der Waals surface area contributed by atoms with Gasteiger partial charge in [-0.25, -0.2) is 0 Å². The lowest BCUT2D eigenvalue weighted by Crippen LogP contribution is -1.84. The molecule has 0 aliphatic heterocycles. The summed E-state index contributed by atoms with van der Waals surface area (Å²) in [6.07, 6.45) is 2.00. The van der Waals surface area contributed by atoms with Gasteiger partial charge in [0.25, 0.3) is 0 Å². The lowest BCUT2D eigenvalue weighted by Gasteiger charge is -2.03. The van der Waals surface area contributed by atoms with Gasteiger partial charge in [0.1, 0.15) is 0 Å². The molecule has 0 amide bonds. The molecule has 1 aromatic rings. The number of unbranched alkanes of at least 4 members (excludes halogenated alkanes) is 1. The maximum atomic E-state index is 11.6. The van der Waals surface area contributed by atoms with Gasteiger partial charge >= 0.3 is 0 Å². The Balaban J connectivity index is 2.59. The van der Waals surface area contributed by atoms with Crippen LogP contribution < -0.4 is 0 Å². The average molecular weight is 273 g/mol. The Kier molecular flexibility index (Phi) is 6.57. The van der Waals surface area contributed by atoms with Gasteiger partial charge in [-0.15, -0.1) is 0 Å². The summed E-state index contributed by atoms with van der Waals surface area (Å²) in [5.41, 5.74) is 1.98. The molecule has 1 unspecified atom stereocenters. The van der Waals surface area contributed by atoms with Crippen molar-refractivity contribution in [2.75, 3.05) is 6.61 Å². The fraction of sp³-hybridized carbons (Fsp3) is 0.385. The second-order valence-corrected chi connectivity index (χ2v) is 5.51. The molecule has 0 heterocycles. The second-order valence-electron chi connectivity index (χ2n) is 3.86. The first-order valence-electron chi connectivity index (χ1n) is 5.74. The Morgan fingerprint density at radius 1 is 1.41 bits per heavy atom. The minimum Gasteiger partial charge on any atom is -0.328 e. The van der Waals surface area contributed by atoms with Crippen molar-refractivity contribution in [3.8, 4) is 0 Å². The molecule has 94 valence electrons. The van der Waals surface area contributed by atoms with E-state index in [4.69, 9.17) is 16.1 Å². The summed E-state index contributed by atoms with van der Waals surface area (Å²) in [7, 11) is -2.06. The van der Waals surface area contributed by atoms with E-state index in [-0.39, 0.29) is 0 Å². The number of hydrogen-bond acceptors (Lipinski definition) is 2. The molecule has 0 radical (unpaired) electrons. The highest BCUT2D eigenvalue weighted by Crippen LogP contribution is 2.30. The third-order valence-electron chi connectivity index (χ3n) is 2.38. The molecule has 0 aromatic heterocycles. The van der Waals surface area contributed by atoms with Crippen LogP contribution in [0.2, 0.25) is 5.02 Å². The Morgan fingerprint density at radius 3 is 2.65 bits per heavy atom. The van der Waals surface area contributed by atoms with Crippen molar-refractivity contribution < 1.29 is 9.09 Å². The average Bonchev–Trinajstić information content (AvgIpc) is 2.30. The molecule has 1 atom stereocenters. The van der Waals surface area contributed by atoms with Gasteiger partial charge < -0.3 is 4.52 Å². The Labute approximate surface area is 109 Å². The van der Waals surface area contributed by atoms with E-state index in [1.807, 2.05) is 31.2 Å². The van der Waals surface area contributed by atoms with Crippen LogP contribution in [-0.4, -0.2) is 6.61 Å². The Hall–Kier alpha value is -0.560. The van der Waals surface area contributed by atoms with Gasteiger partial charge in [0.15, 0.2) is 0 Å². The first kappa shape index (κ1) is 14.5. The second kappa shape index (κ2) is 7.71. The maximum Gasteiger partial charge on any atom is 0.213 e. The number of benzene rings is 1. The molecule has 4 heteroatoms. The zero-order valence-corrected chi connectivity index (χ0v) is 12.0. The van der Waals surface area contributed by atoms with Crippen LogP contribution in [0.1, 0.15) is 32.3 Å².